The summed E-state index contributed by atoms with van der Waals surface area (Å²) in [6, 6.07) is 4.26. The van der Waals surface area contributed by atoms with Crippen molar-refractivity contribution in [3.63, 3.8) is 0 Å². The highest BCUT2D eigenvalue weighted by molar-refractivity contribution is 6.17. The Morgan fingerprint density at radius 1 is 1.45 bits per heavy atom. The van der Waals surface area contributed by atoms with E-state index in [0.29, 0.717) is 17.7 Å². The van der Waals surface area contributed by atoms with Gasteiger partial charge >= 0.3 is 0 Å². The van der Waals surface area contributed by atoms with Crippen LogP contribution >= 0.6 is 11.6 Å². The van der Waals surface area contributed by atoms with Crippen LogP contribution in [0.5, 0.6) is 0 Å². The molecule has 1 atom stereocenters. The van der Waals surface area contributed by atoms with Crippen LogP contribution in [0.15, 0.2) is 12.1 Å². The number of hydrogen-bond acceptors (Lipinski definition) is 3. The zero-order valence-corrected chi connectivity index (χ0v) is 13.5. The van der Waals surface area contributed by atoms with Gasteiger partial charge in [0, 0.05) is 31.8 Å². The Morgan fingerprint density at radius 3 is 2.90 bits per heavy atom. The van der Waals surface area contributed by atoms with E-state index in [0.717, 1.165) is 36.8 Å². The minimum absolute atomic E-state index is 0.427. The molecule has 0 bridgehead atoms. The molecule has 0 saturated carbocycles. The minimum atomic E-state index is 0.427. The fourth-order valence-electron chi connectivity index (χ4n) is 2.77. The molecule has 1 aromatic rings. The third-order valence-electron chi connectivity index (χ3n) is 3.88. The number of pyridine rings is 1. The first kappa shape index (κ1) is 15.6. The van der Waals surface area contributed by atoms with Crippen molar-refractivity contribution in [1.82, 2.24) is 4.98 Å². The Hall–Kier alpha value is -0.800. The summed E-state index contributed by atoms with van der Waals surface area (Å²) in [5.41, 5.74) is 2.29. The smallest absolute Gasteiger partial charge is 0.129 e. The predicted molar refractivity (Wildman–Crippen MR) is 84.7 cm³/mol. The largest absolute Gasteiger partial charge is 0.384 e. The van der Waals surface area contributed by atoms with Crippen molar-refractivity contribution < 1.29 is 4.74 Å². The van der Waals surface area contributed by atoms with Gasteiger partial charge in [-0.25, -0.2) is 4.98 Å². The van der Waals surface area contributed by atoms with Gasteiger partial charge in [0.1, 0.15) is 5.82 Å². The summed E-state index contributed by atoms with van der Waals surface area (Å²) >= 11 is 6.03. The van der Waals surface area contributed by atoms with Crippen LogP contribution in [-0.4, -0.2) is 31.8 Å². The molecule has 4 heteroatoms. The number of anilines is 1. The van der Waals surface area contributed by atoms with Crippen molar-refractivity contribution in [2.24, 2.45) is 5.92 Å². The Bertz CT molecular complexity index is 434. The van der Waals surface area contributed by atoms with E-state index in [-0.39, 0.29) is 0 Å². The lowest BCUT2D eigenvalue weighted by Gasteiger charge is -2.33. The molecule has 1 aliphatic rings. The Morgan fingerprint density at radius 2 is 2.25 bits per heavy atom. The molecule has 0 aromatic carbocycles. The first-order valence-corrected chi connectivity index (χ1v) is 7.98. The van der Waals surface area contributed by atoms with Crippen molar-refractivity contribution in [1.29, 1.82) is 0 Å². The SMILES string of the molecule is COCC1CCCN(c2cc(CCl)cc(C(C)C)n2)C1. The molecule has 2 rings (SSSR count). The van der Waals surface area contributed by atoms with Gasteiger partial charge in [0.05, 0.1) is 6.61 Å². The Kier molecular flexibility index (Phi) is 5.67. The summed E-state index contributed by atoms with van der Waals surface area (Å²) in [7, 11) is 1.78. The number of alkyl halides is 1. The molecule has 0 aliphatic carbocycles. The van der Waals surface area contributed by atoms with Crippen LogP contribution in [-0.2, 0) is 10.6 Å². The number of piperidine rings is 1. The lowest BCUT2D eigenvalue weighted by atomic mass is 9.98. The number of nitrogens with zero attached hydrogens (tertiary/aromatic N) is 2. The number of hydrogen-bond donors (Lipinski definition) is 0. The van der Waals surface area contributed by atoms with E-state index in [1.54, 1.807) is 7.11 Å². The summed E-state index contributed by atoms with van der Waals surface area (Å²) in [4.78, 5) is 7.21. The fourth-order valence-corrected chi connectivity index (χ4v) is 2.93. The van der Waals surface area contributed by atoms with Gasteiger partial charge in [0.25, 0.3) is 0 Å². The first-order valence-electron chi connectivity index (χ1n) is 7.44. The van der Waals surface area contributed by atoms with Crippen molar-refractivity contribution >= 4 is 17.4 Å². The predicted octanol–water partition coefficient (Wildman–Crippen LogP) is 3.81. The second kappa shape index (κ2) is 7.28. The lowest BCUT2D eigenvalue weighted by Crippen LogP contribution is -2.37. The van der Waals surface area contributed by atoms with Crippen LogP contribution in [0.2, 0.25) is 0 Å². The zero-order chi connectivity index (χ0) is 14.5. The number of aromatic nitrogens is 1. The number of rotatable bonds is 5. The third kappa shape index (κ3) is 3.86. The Labute approximate surface area is 127 Å². The summed E-state index contributed by atoms with van der Waals surface area (Å²) in [5.74, 6) is 2.66. The minimum Gasteiger partial charge on any atom is -0.384 e. The normalized spacial score (nSPS) is 19.6. The summed E-state index contributed by atoms with van der Waals surface area (Å²) in [5, 5.41) is 0. The molecular formula is C16H25ClN2O. The quantitative estimate of drug-likeness (QED) is 0.773. The second-order valence-corrected chi connectivity index (χ2v) is 6.22. The van der Waals surface area contributed by atoms with E-state index in [4.69, 9.17) is 21.3 Å². The van der Waals surface area contributed by atoms with Gasteiger partial charge in [-0.05, 0) is 42.4 Å². The number of ether oxygens (including phenoxy) is 1. The molecule has 1 fully saturated rings. The van der Waals surface area contributed by atoms with Crippen LogP contribution in [0.25, 0.3) is 0 Å². The lowest BCUT2D eigenvalue weighted by molar-refractivity contribution is 0.143. The highest BCUT2D eigenvalue weighted by Crippen LogP contribution is 2.25. The Balaban J connectivity index is 2.20. The van der Waals surface area contributed by atoms with Crippen molar-refractivity contribution in [2.45, 2.75) is 38.5 Å². The number of halogens is 1. The van der Waals surface area contributed by atoms with E-state index in [1.165, 1.54) is 12.8 Å². The van der Waals surface area contributed by atoms with E-state index >= 15 is 0 Å². The molecular weight excluding hydrogens is 272 g/mol. The van der Waals surface area contributed by atoms with Gasteiger partial charge in [-0.3, -0.25) is 0 Å². The maximum Gasteiger partial charge on any atom is 0.129 e. The topological polar surface area (TPSA) is 25.4 Å². The van der Waals surface area contributed by atoms with Gasteiger partial charge in [0.2, 0.25) is 0 Å². The van der Waals surface area contributed by atoms with E-state index < -0.39 is 0 Å². The van der Waals surface area contributed by atoms with Crippen molar-refractivity contribution in [3.8, 4) is 0 Å². The third-order valence-corrected chi connectivity index (χ3v) is 4.19. The van der Waals surface area contributed by atoms with Gasteiger partial charge in [0.15, 0.2) is 0 Å². The highest BCUT2D eigenvalue weighted by Gasteiger charge is 2.21. The molecule has 0 radical (unpaired) electrons. The van der Waals surface area contributed by atoms with E-state index in [2.05, 4.69) is 30.9 Å². The highest BCUT2D eigenvalue weighted by atomic mass is 35.5. The van der Waals surface area contributed by atoms with E-state index in [1.807, 2.05) is 0 Å². The molecule has 1 aromatic heterocycles. The monoisotopic (exact) mass is 296 g/mol. The van der Waals surface area contributed by atoms with Gasteiger partial charge in [-0.2, -0.15) is 0 Å². The van der Waals surface area contributed by atoms with Gasteiger partial charge in [-0.15, -0.1) is 11.6 Å². The average molecular weight is 297 g/mol. The molecule has 0 N–H and O–H groups in total. The van der Waals surface area contributed by atoms with Gasteiger partial charge in [-0.1, -0.05) is 13.8 Å². The van der Waals surface area contributed by atoms with Crippen LogP contribution in [0.1, 0.15) is 43.9 Å². The van der Waals surface area contributed by atoms with Crippen molar-refractivity contribution in [2.75, 3.05) is 31.7 Å². The molecule has 20 heavy (non-hydrogen) atoms. The molecule has 1 saturated heterocycles. The van der Waals surface area contributed by atoms with Crippen LogP contribution in [0, 0.1) is 5.92 Å². The second-order valence-electron chi connectivity index (χ2n) is 5.96. The average Bonchev–Trinajstić information content (AvgIpc) is 2.47. The molecule has 3 nitrogen and oxygen atoms in total. The molecule has 0 spiro atoms. The molecule has 2 heterocycles. The molecule has 0 amide bonds. The summed E-state index contributed by atoms with van der Waals surface area (Å²) < 4.78 is 5.30. The standard InChI is InChI=1S/C16H25ClN2O/c1-12(2)15-7-14(9-17)8-16(18-15)19-6-4-5-13(10-19)11-20-3/h7-8,12-13H,4-6,9-11H2,1-3H3. The van der Waals surface area contributed by atoms with Crippen LogP contribution < -0.4 is 4.90 Å². The van der Waals surface area contributed by atoms with Crippen LogP contribution in [0.4, 0.5) is 5.82 Å². The molecule has 1 aliphatic heterocycles. The summed E-state index contributed by atoms with van der Waals surface area (Å²) in [6.45, 7) is 7.30. The summed E-state index contributed by atoms with van der Waals surface area (Å²) in [6.07, 6.45) is 2.45. The van der Waals surface area contributed by atoms with Crippen LogP contribution in [0.3, 0.4) is 0 Å². The maximum atomic E-state index is 6.03. The molecule has 1 unspecified atom stereocenters. The fraction of sp³-hybridized carbons (Fsp3) is 0.688. The van der Waals surface area contributed by atoms with Crippen molar-refractivity contribution in [3.05, 3.63) is 23.4 Å². The van der Waals surface area contributed by atoms with E-state index in [9.17, 15) is 0 Å². The first-order chi connectivity index (χ1) is 9.63. The zero-order valence-electron chi connectivity index (χ0n) is 12.7. The van der Waals surface area contributed by atoms with Gasteiger partial charge < -0.3 is 9.64 Å². The number of methoxy groups -OCH3 is 1. The maximum absolute atomic E-state index is 6.03. The molecule has 112 valence electrons.